The van der Waals surface area contributed by atoms with Gasteiger partial charge in [-0.05, 0) is 49.9 Å². The minimum absolute atomic E-state index is 0.184. The number of halogens is 2. The lowest BCUT2D eigenvalue weighted by atomic mass is 9.98. The van der Waals surface area contributed by atoms with Gasteiger partial charge in [-0.2, -0.15) is 0 Å². The molecular weight excluding hydrogens is 507 g/mol. The fraction of sp³-hybridized carbons (Fsp3) is 0.414. The van der Waals surface area contributed by atoms with Crippen LogP contribution in [0.2, 0.25) is 10.0 Å². The van der Waals surface area contributed by atoms with E-state index < -0.39 is 0 Å². The summed E-state index contributed by atoms with van der Waals surface area (Å²) in [5.41, 5.74) is 6.89. The van der Waals surface area contributed by atoms with Crippen LogP contribution in [0.25, 0.3) is 22.5 Å². The maximum Gasteiger partial charge on any atom is 0.286 e. The number of nitrogens with zero attached hydrogens (tertiary/aromatic N) is 3. The Morgan fingerprint density at radius 3 is 1.95 bits per heavy atom. The highest BCUT2D eigenvalue weighted by Crippen LogP contribution is 2.32. The summed E-state index contributed by atoms with van der Waals surface area (Å²) in [5, 5.41) is 3.25. The Labute approximate surface area is 228 Å². The van der Waals surface area contributed by atoms with Gasteiger partial charge in [-0.25, -0.2) is 15.0 Å². The van der Waals surface area contributed by atoms with Crippen molar-refractivity contribution in [2.24, 2.45) is 0 Å². The first-order valence-corrected chi connectivity index (χ1v) is 13.9. The van der Waals surface area contributed by atoms with Crippen molar-refractivity contribution < 1.29 is 9.53 Å². The molecule has 0 spiro atoms. The number of amides is 1. The third kappa shape index (κ3) is 6.68. The molecule has 2 fully saturated rings. The topological polar surface area (TPSA) is 67.4 Å². The SMILES string of the molecule is O=C(NN1CCCCC1)c1nc(-c2ccc(Cl)cc2)c(-c2ccc(Cl)cc2)nc1COC1CCCCC1. The van der Waals surface area contributed by atoms with E-state index in [1.807, 2.05) is 53.5 Å². The number of nitrogens with one attached hydrogen (secondary N) is 1. The van der Waals surface area contributed by atoms with Crippen LogP contribution in [-0.2, 0) is 11.3 Å². The Hall–Kier alpha value is -2.51. The summed E-state index contributed by atoms with van der Waals surface area (Å²) in [5.74, 6) is -0.255. The summed E-state index contributed by atoms with van der Waals surface area (Å²) in [6.07, 6.45) is 9.16. The average Bonchev–Trinajstić information content (AvgIpc) is 2.93. The van der Waals surface area contributed by atoms with Gasteiger partial charge in [-0.15, -0.1) is 0 Å². The van der Waals surface area contributed by atoms with E-state index in [0.29, 0.717) is 32.8 Å². The molecule has 6 nitrogen and oxygen atoms in total. The van der Waals surface area contributed by atoms with Gasteiger partial charge in [0.05, 0.1) is 29.8 Å². The van der Waals surface area contributed by atoms with Gasteiger partial charge in [0.25, 0.3) is 5.91 Å². The van der Waals surface area contributed by atoms with E-state index in [1.165, 1.54) is 25.7 Å². The van der Waals surface area contributed by atoms with Crippen molar-refractivity contribution in [1.29, 1.82) is 0 Å². The van der Waals surface area contributed by atoms with E-state index in [2.05, 4.69) is 5.43 Å². The first kappa shape index (κ1) is 26.1. The van der Waals surface area contributed by atoms with E-state index in [-0.39, 0.29) is 18.6 Å². The smallest absolute Gasteiger partial charge is 0.286 e. The molecule has 1 saturated heterocycles. The van der Waals surface area contributed by atoms with Crippen LogP contribution in [-0.4, -0.2) is 40.1 Å². The van der Waals surface area contributed by atoms with E-state index in [4.69, 9.17) is 37.9 Å². The second-order valence-corrected chi connectivity index (χ2v) is 10.7. The number of carbonyl (C=O) groups excluding carboxylic acids is 1. The van der Waals surface area contributed by atoms with E-state index in [9.17, 15) is 4.79 Å². The second kappa shape index (κ2) is 12.4. The van der Waals surface area contributed by atoms with E-state index in [1.54, 1.807) is 0 Å². The van der Waals surface area contributed by atoms with Crippen LogP contribution in [0.4, 0.5) is 0 Å². The molecule has 1 amide bonds. The van der Waals surface area contributed by atoms with E-state index >= 15 is 0 Å². The molecule has 2 aliphatic rings. The van der Waals surface area contributed by atoms with Crippen LogP contribution in [0.15, 0.2) is 48.5 Å². The van der Waals surface area contributed by atoms with Crippen LogP contribution >= 0.6 is 23.2 Å². The van der Waals surface area contributed by atoms with Gasteiger partial charge in [0, 0.05) is 34.3 Å². The Balaban J connectivity index is 1.56. The van der Waals surface area contributed by atoms with Crippen molar-refractivity contribution in [3.63, 3.8) is 0 Å². The Kier molecular flexibility index (Phi) is 8.72. The molecule has 2 aromatic carbocycles. The summed E-state index contributed by atoms with van der Waals surface area (Å²) in [4.78, 5) is 23.5. The van der Waals surface area contributed by atoms with Crippen molar-refractivity contribution in [1.82, 2.24) is 20.4 Å². The highest BCUT2D eigenvalue weighted by atomic mass is 35.5. The first-order valence-electron chi connectivity index (χ1n) is 13.2. The number of hydrazine groups is 1. The highest BCUT2D eigenvalue weighted by molar-refractivity contribution is 6.31. The first-order chi connectivity index (χ1) is 18.1. The normalized spacial score (nSPS) is 17.0. The molecule has 2 heterocycles. The van der Waals surface area contributed by atoms with Crippen molar-refractivity contribution in [3.05, 3.63) is 70.0 Å². The number of hydrogen-bond acceptors (Lipinski definition) is 5. The van der Waals surface area contributed by atoms with Crippen LogP contribution in [0.5, 0.6) is 0 Å². The standard InChI is InChI=1S/C29H32Cl2N4O2/c30-22-13-9-20(10-14-22)26-27(21-11-15-23(31)16-12-21)33-28(29(36)34-35-17-5-2-6-18-35)25(32-26)19-37-24-7-3-1-4-8-24/h9-16,24H,1-8,17-19H2,(H,34,36). The van der Waals surface area contributed by atoms with Gasteiger partial charge in [0.1, 0.15) is 0 Å². The summed E-state index contributed by atoms with van der Waals surface area (Å²) in [7, 11) is 0. The number of carbonyl (C=O) groups is 1. The summed E-state index contributed by atoms with van der Waals surface area (Å²) >= 11 is 12.3. The van der Waals surface area contributed by atoms with Crippen LogP contribution in [0.3, 0.4) is 0 Å². The monoisotopic (exact) mass is 538 g/mol. The quantitative estimate of drug-likeness (QED) is 0.347. The Morgan fingerprint density at radius 1 is 0.811 bits per heavy atom. The lowest BCUT2D eigenvalue weighted by Crippen LogP contribution is -2.45. The largest absolute Gasteiger partial charge is 0.372 e. The number of piperidine rings is 1. The third-order valence-corrected chi connectivity index (χ3v) is 7.55. The number of aromatic nitrogens is 2. The molecule has 1 aliphatic heterocycles. The molecule has 8 heteroatoms. The van der Waals surface area contributed by atoms with Gasteiger partial charge in [0.15, 0.2) is 5.69 Å². The molecule has 3 aromatic rings. The molecule has 1 saturated carbocycles. The minimum atomic E-state index is -0.255. The molecule has 0 bridgehead atoms. The maximum absolute atomic E-state index is 13.6. The maximum atomic E-state index is 13.6. The third-order valence-electron chi connectivity index (χ3n) is 7.04. The highest BCUT2D eigenvalue weighted by Gasteiger charge is 2.25. The second-order valence-electron chi connectivity index (χ2n) is 9.79. The van der Waals surface area contributed by atoms with Crippen LogP contribution < -0.4 is 5.43 Å². The summed E-state index contributed by atoms with van der Waals surface area (Å²) in [6, 6.07) is 14.9. The number of ether oxygens (including phenoxy) is 1. The van der Waals surface area contributed by atoms with Crippen molar-refractivity contribution in [3.8, 4) is 22.5 Å². The summed E-state index contributed by atoms with van der Waals surface area (Å²) < 4.78 is 6.29. The predicted molar refractivity (Wildman–Crippen MR) is 147 cm³/mol. The van der Waals surface area contributed by atoms with Gasteiger partial charge >= 0.3 is 0 Å². The molecule has 5 rings (SSSR count). The molecule has 37 heavy (non-hydrogen) atoms. The molecule has 0 atom stereocenters. The average molecular weight is 540 g/mol. The Bertz CT molecular complexity index is 1210. The zero-order valence-electron chi connectivity index (χ0n) is 20.9. The van der Waals surface area contributed by atoms with Crippen molar-refractivity contribution in [2.45, 2.75) is 64.1 Å². The van der Waals surface area contributed by atoms with Gasteiger partial charge in [0.2, 0.25) is 0 Å². The molecular formula is C29H32Cl2N4O2. The van der Waals surface area contributed by atoms with Crippen LogP contribution in [0, 0.1) is 0 Å². The van der Waals surface area contributed by atoms with Crippen LogP contribution in [0.1, 0.15) is 67.5 Å². The van der Waals surface area contributed by atoms with Crippen molar-refractivity contribution in [2.75, 3.05) is 13.1 Å². The minimum Gasteiger partial charge on any atom is -0.372 e. The molecule has 194 valence electrons. The lowest BCUT2D eigenvalue weighted by molar-refractivity contribution is 0.0146. The Morgan fingerprint density at radius 2 is 1.35 bits per heavy atom. The van der Waals surface area contributed by atoms with Gasteiger partial charge in [-0.1, -0.05) is 73.2 Å². The van der Waals surface area contributed by atoms with Crippen molar-refractivity contribution >= 4 is 29.1 Å². The summed E-state index contributed by atoms with van der Waals surface area (Å²) in [6.45, 7) is 1.90. The fourth-order valence-corrected chi connectivity index (χ4v) is 5.25. The molecule has 0 radical (unpaired) electrons. The lowest BCUT2D eigenvalue weighted by Gasteiger charge is -2.27. The molecule has 1 N–H and O–H groups in total. The molecule has 0 unspecified atom stereocenters. The predicted octanol–water partition coefficient (Wildman–Crippen LogP) is 7.10. The fourth-order valence-electron chi connectivity index (χ4n) is 5.00. The zero-order chi connectivity index (χ0) is 25.6. The number of hydrogen-bond donors (Lipinski definition) is 1. The van der Waals surface area contributed by atoms with Gasteiger partial charge in [-0.3, -0.25) is 10.2 Å². The molecule has 1 aromatic heterocycles. The van der Waals surface area contributed by atoms with Gasteiger partial charge < -0.3 is 4.74 Å². The number of benzene rings is 2. The number of rotatable bonds is 7. The zero-order valence-corrected chi connectivity index (χ0v) is 22.4. The van der Waals surface area contributed by atoms with E-state index in [0.717, 1.165) is 49.9 Å². The molecule has 1 aliphatic carbocycles.